The highest BCUT2D eigenvalue weighted by atomic mass is 16.5. The summed E-state index contributed by atoms with van der Waals surface area (Å²) in [7, 11) is 0. The van der Waals surface area contributed by atoms with Crippen LogP contribution < -0.4 is 11.1 Å². The van der Waals surface area contributed by atoms with Gasteiger partial charge in [-0.25, -0.2) is 0 Å². The molecular formula is C19H27N3O3. The number of nitrogens with one attached hydrogen (secondary N) is 1. The molecule has 2 unspecified atom stereocenters. The van der Waals surface area contributed by atoms with Crippen LogP contribution in [0.1, 0.15) is 38.2 Å². The van der Waals surface area contributed by atoms with Crippen LogP contribution in [-0.2, 0) is 20.9 Å². The number of anilines is 1. The number of hydrogen-bond donors (Lipinski definition) is 2. The minimum Gasteiger partial charge on any atom is -0.368 e. The second kappa shape index (κ2) is 7.97. The van der Waals surface area contributed by atoms with Crippen LogP contribution in [0.3, 0.4) is 0 Å². The number of carbonyl (C=O) groups excluding carboxylic acids is 2. The fraction of sp³-hybridized carbons (Fsp3) is 0.579. The van der Waals surface area contributed by atoms with E-state index in [1.807, 2.05) is 24.3 Å². The van der Waals surface area contributed by atoms with E-state index < -0.39 is 6.10 Å². The molecule has 3 N–H and O–H groups in total. The summed E-state index contributed by atoms with van der Waals surface area (Å²) in [5, 5.41) is 2.91. The third kappa shape index (κ3) is 5.03. The third-order valence-electron chi connectivity index (χ3n) is 4.92. The number of rotatable bonds is 8. The Morgan fingerprint density at radius 3 is 2.88 bits per heavy atom. The molecule has 2 fully saturated rings. The minimum absolute atomic E-state index is 0.131. The van der Waals surface area contributed by atoms with E-state index in [4.69, 9.17) is 10.5 Å². The summed E-state index contributed by atoms with van der Waals surface area (Å²) < 4.78 is 5.61. The van der Waals surface area contributed by atoms with E-state index in [9.17, 15) is 9.59 Å². The molecule has 1 saturated carbocycles. The predicted molar refractivity (Wildman–Crippen MR) is 95.8 cm³/mol. The second-order valence-corrected chi connectivity index (χ2v) is 7.14. The Labute approximate surface area is 148 Å². The lowest BCUT2D eigenvalue weighted by Crippen LogP contribution is -2.39. The first-order valence-corrected chi connectivity index (χ1v) is 9.07. The largest absolute Gasteiger partial charge is 0.368 e. The van der Waals surface area contributed by atoms with Crippen LogP contribution >= 0.6 is 0 Å². The van der Waals surface area contributed by atoms with Crippen molar-refractivity contribution in [3.63, 3.8) is 0 Å². The van der Waals surface area contributed by atoms with Crippen molar-refractivity contribution in [1.29, 1.82) is 0 Å². The van der Waals surface area contributed by atoms with Gasteiger partial charge in [-0.3, -0.25) is 14.5 Å². The summed E-state index contributed by atoms with van der Waals surface area (Å²) in [6.07, 6.45) is 3.77. The van der Waals surface area contributed by atoms with Crippen molar-refractivity contribution in [2.45, 2.75) is 51.3 Å². The summed E-state index contributed by atoms with van der Waals surface area (Å²) in [6.45, 7) is 3.97. The molecule has 0 spiro atoms. The molecule has 1 aromatic carbocycles. The van der Waals surface area contributed by atoms with Crippen molar-refractivity contribution in [3.8, 4) is 0 Å². The van der Waals surface area contributed by atoms with Gasteiger partial charge in [-0.1, -0.05) is 12.1 Å². The van der Waals surface area contributed by atoms with Crippen LogP contribution in [-0.4, -0.2) is 42.0 Å². The number of hydrogen-bond acceptors (Lipinski definition) is 4. The molecule has 25 heavy (non-hydrogen) atoms. The molecule has 3 rings (SSSR count). The Kier molecular flexibility index (Phi) is 5.71. The van der Waals surface area contributed by atoms with E-state index in [0.717, 1.165) is 30.6 Å². The van der Waals surface area contributed by atoms with E-state index in [1.165, 1.54) is 12.8 Å². The minimum atomic E-state index is -0.456. The molecule has 6 heteroatoms. The molecule has 1 heterocycles. The van der Waals surface area contributed by atoms with Crippen molar-refractivity contribution in [1.82, 2.24) is 4.90 Å². The zero-order chi connectivity index (χ0) is 17.8. The number of primary amides is 1. The number of nitrogens with two attached hydrogens (primary N) is 1. The Balaban J connectivity index is 1.55. The van der Waals surface area contributed by atoms with Crippen LogP contribution in [0.25, 0.3) is 0 Å². The van der Waals surface area contributed by atoms with E-state index in [-0.39, 0.29) is 17.9 Å². The Morgan fingerprint density at radius 1 is 1.36 bits per heavy atom. The molecule has 1 saturated heterocycles. The molecule has 1 aliphatic heterocycles. The lowest BCUT2D eigenvalue weighted by molar-refractivity contribution is -0.126. The highest BCUT2D eigenvalue weighted by Crippen LogP contribution is 2.29. The van der Waals surface area contributed by atoms with Gasteiger partial charge in [-0.15, -0.1) is 0 Å². The Hall–Kier alpha value is -1.92. The van der Waals surface area contributed by atoms with E-state index in [1.54, 1.807) is 6.92 Å². The van der Waals surface area contributed by atoms with Crippen molar-refractivity contribution in [2.75, 3.05) is 18.5 Å². The van der Waals surface area contributed by atoms with E-state index in [2.05, 4.69) is 10.2 Å². The van der Waals surface area contributed by atoms with Gasteiger partial charge in [-0.2, -0.15) is 0 Å². The zero-order valence-electron chi connectivity index (χ0n) is 14.7. The van der Waals surface area contributed by atoms with Gasteiger partial charge in [0.25, 0.3) is 5.91 Å². The monoisotopic (exact) mass is 345 g/mol. The van der Waals surface area contributed by atoms with Gasteiger partial charge < -0.3 is 15.8 Å². The summed E-state index contributed by atoms with van der Waals surface area (Å²) in [5.74, 6) is 0.245. The normalized spacial score (nSPS) is 21.9. The van der Waals surface area contributed by atoms with E-state index in [0.29, 0.717) is 19.1 Å². The second-order valence-electron chi connectivity index (χ2n) is 7.14. The summed E-state index contributed by atoms with van der Waals surface area (Å²) >= 11 is 0. The zero-order valence-corrected chi connectivity index (χ0v) is 14.7. The van der Waals surface area contributed by atoms with E-state index >= 15 is 0 Å². The number of amides is 2. The summed E-state index contributed by atoms with van der Waals surface area (Å²) in [4.78, 5) is 25.8. The molecule has 2 atom stereocenters. The fourth-order valence-corrected chi connectivity index (χ4v) is 3.20. The quantitative estimate of drug-likeness (QED) is 0.753. The summed E-state index contributed by atoms with van der Waals surface area (Å²) in [6, 6.07) is 7.54. The van der Waals surface area contributed by atoms with Gasteiger partial charge >= 0.3 is 0 Å². The lowest BCUT2D eigenvalue weighted by Gasteiger charge is -2.22. The van der Waals surface area contributed by atoms with Crippen LogP contribution in [0, 0.1) is 5.92 Å². The smallest absolute Gasteiger partial charge is 0.253 e. The average Bonchev–Trinajstić information content (AvgIpc) is 3.30. The molecule has 136 valence electrons. The van der Waals surface area contributed by atoms with Gasteiger partial charge in [-0.05, 0) is 62.8 Å². The fourth-order valence-electron chi connectivity index (χ4n) is 3.20. The standard InChI is InChI=1S/C19H27N3O3/c1-13(25-12-14-7-8-14)19(24)21-16-5-2-4-15(10-16)11-22-9-3-6-17(22)18(20)23/h2,4-5,10,13-14,17H,3,6-9,11-12H2,1H3,(H2,20,23)(H,21,24). The van der Waals surface area contributed by atoms with Gasteiger partial charge in [0.15, 0.2) is 0 Å². The Bertz CT molecular complexity index is 630. The maximum Gasteiger partial charge on any atom is 0.253 e. The van der Waals surface area contributed by atoms with Crippen LogP contribution in [0.15, 0.2) is 24.3 Å². The number of benzene rings is 1. The highest BCUT2D eigenvalue weighted by molar-refractivity contribution is 5.93. The number of nitrogens with zero attached hydrogens (tertiary/aromatic N) is 1. The van der Waals surface area contributed by atoms with Crippen LogP contribution in [0.2, 0.25) is 0 Å². The van der Waals surface area contributed by atoms with Gasteiger partial charge in [0.05, 0.1) is 12.6 Å². The molecular weight excluding hydrogens is 318 g/mol. The molecule has 2 amide bonds. The topological polar surface area (TPSA) is 84.7 Å². The van der Waals surface area contributed by atoms with Crippen LogP contribution in [0.4, 0.5) is 5.69 Å². The molecule has 0 bridgehead atoms. The van der Waals surface area contributed by atoms with Gasteiger partial charge in [0, 0.05) is 12.2 Å². The van der Waals surface area contributed by atoms with Gasteiger partial charge in [0.1, 0.15) is 6.10 Å². The highest BCUT2D eigenvalue weighted by Gasteiger charge is 2.29. The van der Waals surface area contributed by atoms with Crippen molar-refractivity contribution in [2.24, 2.45) is 11.7 Å². The first-order chi connectivity index (χ1) is 12.0. The van der Waals surface area contributed by atoms with Crippen molar-refractivity contribution in [3.05, 3.63) is 29.8 Å². The molecule has 1 aliphatic carbocycles. The first-order valence-electron chi connectivity index (χ1n) is 9.07. The summed E-state index contributed by atoms with van der Waals surface area (Å²) in [5.41, 5.74) is 7.28. The number of carbonyl (C=O) groups is 2. The molecule has 1 aromatic rings. The molecule has 6 nitrogen and oxygen atoms in total. The lowest BCUT2D eigenvalue weighted by atomic mass is 10.1. The third-order valence-corrected chi connectivity index (χ3v) is 4.92. The van der Waals surface area contributed by atoms with Crippen LogP contribution in [0.5, 0.6) is 0 Å². The maximum absolute atomic E-state index is 12.2. The maximum atomic E-state index is 12.2. The predicted octanol–water partition coefficient (Wildman–Crippen LogP) is 1.89. The molecule has 0 radical (unpaired) electrons. The SMILES string of the molecule is CC(OCC1CC1)C(=O)Nc1cccc(CN2CCCC2C(N)=O)c1. The van der Waals surface area contributed by atoms with Crippen molar-refractivity contribution >= 4 is 17.5 Å². The number of likely N-dealkylation sites (tertiary alicyclic amines) is 1. The molecule has 0 aromatic heterocycles. The van der Waals surface area contributed by atoms with Crippen molar-refractivity contribution < 1.29 is 14.3 Å². The van der Waals surface area contributed by atoms with Gasteiger partial charge in [0.2, 0.25) is 5.91 Å². The molecule has 2 aliphatic rings. The Morgan fingerprint density at radius 2 is 2.16 bits per heavy atom. The first kappa shape index (κ1) is 17.9. The number of ether oxygens (including phenoxy) is 1. The average molecular weight is 345 g/mol.